The predicted molar refractivity (Wildman–Crippen MR) is 79.3 cm³/mol. The minimum Gasteiger partial charge on any atom is -0.494 e. The summed E-state index contributed by atoms with van der Waals surface area (Å²) < 4.78 is 5.71. The van der Waals surface area contributed by atoms with Gasteiger partial charge >= 0.3 is 0 Å². The summed E-state index contributed by atoms with van der Waals surface area (Å²) >= 11 is 0. The molecule has 0 aromatic heterocycles. The highest BCUT2D eigenvalue weighted by molar-refractivity contribution is 5.29. The molecule has 0 aliphatic rings. The van der Waals surface area contributed by atoms with Crippen molar-refractivity contribution < 1.29 is 4.74 Å². The first-order valence-electron chi connectivity index (χ1n) is 7.11. The first kappa shape index (κ1) is 14.8. The second kappa shape index (κ2) is 8.79. The molecule has 0 saturated heterocycles. The molecule has 0 spiro atoms. The Labute approximate surface area is 112 Å². The summed E-state index contributed by atoms with van der Waals surface area (Å²) in [6, 6.07) is 8.55. The number of allylic oxidation sites excluding steroid dienone is 2. The summed E-state index contributed by atoms with van der Waals surface area (Å²) in [5.41, 5.74) is 1.38. The van der Waals surface area contributed by atoms with Gasteiger partial charge in [-0.25, -0.2) is 0 Å². The van der Waals surface area contributed by atoms with Crippen LogP contribution in [-0.4, -0.2) is 6.61 Å². The van der Waals surface area contributed by atoms with Gasteiger partial charge in [0.1, 0.15) is 5.75 Å². The topological polar surface area (TPSA) is 9.23 Å². The summed E-state index contributed by atoms with van der Waals surface area (Å²) in [6.07, 6.45) is 9.08. The van der Waals surface area contributed by atoms with Gasteiger partial charge in [0.15, 0.2) is 0 Å². The Morgan fingerprint density at radius 1 is 1.17 bits per heavy atom. The van der Waals surface area contributed by atoms with Crippen molar-refractivity contribution in [3.63, 3.8) is 0 Å². The summed E-state index contributed by atoms with van der Waals surface area (Å²) in [5, 5.41) is 0. The summed E-state index contributed by atoms with van der Waals surface area (Å²) in [5.74, 6) is 1.57. The van der Waals surface area contributed by atoms with Crippen molar-refractivity contribution in [2.45, 2.75) is 52.4 Å². The molecule has 0 radical (unpaired) electrons. The normalized spacial score (nSPS) is 12.8. The van der Waals surface area contributed by atoms with Gasteiger partial charge in [0.2, 0.25) is 0 Å². The Balaban J connectivity index is 2.41. The second-order valence-electron chi connectivity index (χ2n) is 4.83. The van der Waals surface area contributed by atoms with Crippen molar-refractivity contribution in [1.29, 1.82) is 0 Å². The van der Waals surface area contributed by atoms with Gasteiger partial charge < -0.3 is 4.74 Å². The van der Waals surface area contributed by atoms with Gasteiger partial charge in [0.05, 0.1) is 6.61 Å². The van der Waals surface area contributed by atoms with E-state index < -0.39 is 0 Å². The van der Waals surface area contributed by atoms with E-state index in [1.165, 1.54) is 18.4 Å². The van der Waals surface area contributed by atoms with Crippen molar-refractivity contribution in [1.82, 2.24) is 0 Å². The van der Waals surface area contributed by atoms with Crippen molar-refractivity contribution in [2.75, 3.05) is 6.61 Å². The van der Waals surface area contributed by atoms with Crippen LogP contribution in [0.2, 0.25) is 0 Å². The Morgan fingerprint density at radius 2 is 1.89 bits per heavy atom. The number of benzene rings is 1. The first-order valence-corrected chi connectivity index (χ1v) is 7.11. The van der Waals surface area contributed by atoms with Gasteiger partial charge in [-0.3, -0.25) is 0 Å². The molecule has 1 unspecified atom stereocenters. The van der Waals surface area contributed by atoms with Gasteiger partial charge in [-0.15, -0.1) is 0 Å². The molecule has 0 fully saturated rings. The van der Waals surface area contributed by atoms with Crippen molar-refractivity contribution in [3.05, 3.63) is 42.0 Å². The predicted octanol–water partition coefficient (Wildman–Crippen LogP) is 5.33. The number of hydrogen-bond donors (Lipinski definition) is 0. The zero-order chi connectivity index (χ0) is 13.2. The van der Waals surface area contributed by atoms with Gasteiger partial charge in [-0.2, -0.15) is 0 Å². The van der Waals surface area contributed by atoms with E-state index in [-0.39, 0.29) is 0 Å². The third kappa shape index (κ3) is 5.39. The molecular formula is C17H26O. The fourth-order valence-corrected chi connectivity index (χ4v) is 1.91. The average molecular weight is 246 g/mol. The van der Waals surface area contributed by atoms with Crippen LogP contribution >= 0.6 is 0 Å². The van der Waals surface area contributed by atoms with Gasteiger partial charge in [0.25, 0.3) is 0 Å². The quantitative estimate of drug-likeness (QED) is 0.445. The van der Waals surface area contributed by atoms with Crippen LogP contribution in [0.5, 0.6) is 5.75 Å². The van der Waals surface area contributed by atoms with Crippen LogP contribution in [0.25, 0.3) is 0 Å². The maximum Gasteiger partial charge on any atom is 0.119 e. The second-order valence-corrected chi connectivity index (χ2v) is 4.83. The zero-order valence-corrected chi connectivity index (χ0v) is 12.0. The lowest BCUT2D eigenvalue weighted by Gasteiger charge is -2.11. The molecule has 1 atom stereocenters. The van der Waals surface area contributed by atoms with E-state index in [2.05, 4.69) is 57.2 Å². The highest BCUT2D eigenvalue weighted by Gasteiger charge is 2.03. The van der Waals surface area contributed by atoms with Crippen molar-refractivity contribution in [3.8, 4) is 5.75 Å². The highest BCUT2D eigenvalue weighted by atomic mass is 16.5. The van der Waals surface area contributed by atoms with Gasteiger partial charge in [-0.05, 0) is 43.4 Å². The minimum atomic E-state index is 0.579. The molecule has 1 nitrogen and oxygen atoms in total. The minimum absolute atomic E-state index is 0.579. The fraction of sp³-hybridized carbons (Fsp3) is 0.529. The van der Waals surface area contributed by atoms with Crippen LogP contribution in [0.15, 0.2) is 36.4 Å². The largest absolute Gasteiger partial charge is 0.494 e. The number of ether oxygens (including phenoxy) is 1. The van der Waals surface area contributed by atoms with Gasteiger partial charge in [0, 0.05) is 0 Å². The van der Waals surface area contributed by atoms with E-state index in [1.54, 1.807) is 0 Å². The van der Waals surface area contributed by atoms with Crippen LogP contribution in [0.4, 0.5) is 0 Å². The van der Waals surface area contributed by atoms with Crippen LogP contribution in [0.3, 0.4) is 0 Å². The van der Waals surface area contributed by atoms with Crippen LogP contribution in [0, 0.1) is 0 Å². The smallest absolute Gasteiger partial charge is 0.119 e. The van der Waals surface area contributed by atoms with Gasteiger partial charge in [-0.1, -0.05) is 51.0 Å². The molecule has 0 heterocycles. The Kier molecular flexibility index (Phi) is 7.24. The molecule has 0 N–H and O–H groups in total. The van der Waals surface area contributed by atoms with Crippen molar-refractivity contribution >= 4 is 0 Å². The molecule has 18 heavy (non-hydrogen) atoms. The van der Waals surface area contributed by atoms with E-state index >= 15 is 0 Å². The molecule has 1 heteroatoms. The van der Waals surface area contributed by atoms with Crippen LogP contribution < -0.4 is 4.74 Å². The van der Waals surface area contributed by atoms with Crippen LogP contribution in [0.1, 0.15) is 57.9 Å². The monoisotopic (exact) mass is 246 g/mol. The lowest BCUT2D eigenvalue weighted by Crippen LogP contribution is -1.97. The molecule has 1 aromatic rings. The molecule has 0 amide bonds. The third-order valence-electron chi connectivity index (χ3n) is 3.19. The molecule has 0 aliphatic carbocycles. The maximum absolute atomic E-state index is 5.71. The molecular weight excluding hydrogens is 220 g/mol. The SMILES string of the molecule is C/C=C\CC(C)c1ccc(OCCCCC)cc1. The molecule has 1 aromatic carbocycles. The Morgan fingerprint density at radius 3 is 2.50 bits per heavy atom. The number of unbranched alkanes of at least 4 members (excludes halogenated alkanes) is 2. The summed E-state index contributed by atoms with van der Waals surface area (Å²) in [7, 11) is 0. The summed E-state index contributed by atoms with van der Waals surface area (Å²) in [6.45, 7) is 7.37. The first-order chi connectivity index (χ1) is 8.77. The fourth-order valence-electron chi connectivity index (χ4n) is 1.91. The molecule has 0 aliphatic heterocycles. The average Bonchev–Trinajstić information content (AvgIpc) is 2.41. The maximum atomic E-state index is 5.71. The van der Waals surface area contributed by atoms with Crippen LogP contribution in [-0.2, 0) is 0 Å². The van der Waals surface area contributed by atoms with E-state index in [4.69, 9.17) is 4.74 Å². The number of rotatable bonds is 8. The summed E-state index contributed by atoms with van der Waals surface area (Å²) in [4.78, 5) is 0. The highest BCUT2D eigenvalue weighted by Crippen LogP contribution is 2.22. The Hall–Kier alpha value is -1.24. The zero-order valence-electron chi connectivity index (χ0n) is 12.0. The van der Waals surface area contributed by atoms with E-state index in [9.17, 15) is 0 Å². The molecule has 100 valence electrons. The lowest BCUT2D eigenvalue weighted by molar-refractivity contribution is 0.306. The van der Waals surface area contributed by atoms with E-state index in [0.717, 1.165) is 25.2 Å². The van der Waals surface area contributed by atoms with E-state index in [1.807, 2.05) is 0 Å². The lowest BCUT2D eigenvalue weighted by atomic mass is 9.98. The Bertz CT molecular complexity index is 337. The standard InChI is InChI=1S/C17H26O/c1-4-6-8-14-18-17-12-10-16(11-13-17)15(3)9-7-5-2/h5,7,10-13,15H,4,6,8-9,14H2,1-3H3/b7-5-. The third-order valence-corrected chi connectivity index (χ3v) is 3.19. The molecule has 1 rings (SSSR count). The molecule has 0 bridgehead atoms. The molecule has 0 saturated carbocycles. The van der Waals surface area contributed by atoms with Crippen molar-refractivity contribution in [2.24, 2.45) is 0 Å². The van der Waals surface area contributed by atoms with E-state index in [0.29, 0.717) is 5.92 Å². The number of hydrogen-bond acceptors (Lipinski definition) is 1.